The molecule has 0 unspecified atom stereocenters. The number of nitrogens with zero attached hydrogens (tertiary/aromatic N) is 1. The highest BCUT2D eigenvalue weighted by molar-refractivity contribution is 7.93. The summed E-state index contributed by atoms with van der Waals surface area (Å²) in [5.41, 5.74) is 4.02. The third-order valence-electron chi connectivity index (χ3n) is 5.63. The fourth-order valence-electron chi connectivity index (χ4n) is 3.38. The average Bonchev–Trinajstić information content (AvgIpc) is 2.80. The Hall–Kier alpha value is -3.39. The minimum Gasteiger partial charge on any atom is -0.496 e. The number of sulfonamides is 1. The maximum Gasteiger partial charge on any atom is 0.259 e. The average molecular weight is 485 g/mol. The highest BCUT2D eigenvalue weighted by atomic mass is 32.2. The second-order valence-corrected chi connectivity index (χ2v) is 10.8. The number of carbonyl (C=O) groups is 1. The van der Waals surface area contributed by atoms with E-state index in [0.29, 0.717) is 11.4 Å². The lowest BCUT2D eigenvalue weighted by Gasteiger charge is -2.27. The van der Waals surface area contributed by atoms with E-state index in [9.17, 15) is 17.6 Å². The van der Waals surface area contributed by atoms with Crippen molar-refractivity contribution in [2.75, 3.05) is 16.7 Å². The molecule has 0 aliphatic carbocycles. The van der Waals surface area contributed by atoms with Gasteiger partial charge in [-0.25, -0.2) is 12.8 Å². The molecular weight excluding hydrogens is 455 g/mol. The molecule has 0 saturated carbocycles. The van der Waals surface area contributed by atoms with E-state index in [1.807, 2.05) is 32.0 Å². The Bertz CT molecular complexity index is 1290. The SMILES string of the molecule is COc1ccc(F)cc1C(=O)Nc1ccc(CN(c2ccc(C)c(C)c2)S(=O)(=O)C(C)C)cc1. The number of amides is 1. The van der Waals surface area contributed by atoms with Gasteiger partial charge in [0.2, 0.25) is 10.0 Å². The predicted molar refractivity (Wildman–Crippen MR) is 134 cm³/mol. The van der Waals surface area contributed by atoms with Crippen LogP contribution in [0.1, 0.15) is 40.9 Å². The zero-order valence-corrected chi connectivity index (χ0v) is 20.7. The number of benzene rings is 3. The third-order valence-corrected chi connectivity index (χ3v) is 7.77. The Morgan fingerprint density at radius 3 is 2.26 bits per heavy atom. The number of carbonyl (C=O) groups excluding carboxylic acids is 1. The van der Waals surface area contributed by atoms with E-state index >= 15 is 0 Å². The second-order valence-electron chi connectivity index (χ2n) is 8.36. The van der Waals surface area contributed by atoms with E-state index in [2.05, 4.69) is 5.32 Å². The summed E-state index contributed by atoms with van der Waals surface area (Å²) in [6.45, 7) is 7.39. The first-order valence-corrected chi connectivity index (χ1v) is 12.4. The van der Waals surface area contributed by atoms with Crippen LogP contribution in [0.3, 0.4) is 0 Å². The summed E-state index contributed by atoms with van der Waals surface area (Å²) in [6, 6.07) is 16.2. The summed E-state index contributed by atoms with van der Waals surface area (Å²) in [5, 5.41) is 2.13. The van der Waals surface area contributed by atoms with Crippen molar-refractivity contribution in [2.45, 2.75) is 39.5 Å². The van der Waals surface area contributed by atoms with E-state index in [1.54, 1.807) is 38.1 Å². The van der Waals surface area contributed by atoms with E-state index in [1.165, 1.54) is 23.5 Å². The molecule has 3 aromatic carbocycles. The quantitative estimate of drug-likeness (QED) is 0.461. The first-order chi connectivity index (χ1) is 16.0. The minimum atomic E-state index is -3.58. The molecule has 0 spiro atoms. The molecule has 1 amide bonds. The molecular formula is C26H29FN2O4S. The molecule has 0 saturated heterocycles. The number of hydrogen-bond donors (Lipinski definition) is 1. The number of anilines is 2. The Kier molecular flexibility index (Phi) is 7.61. The number of nitrogens with one attached hydrogen (secondary N) is 1. The molecule has 0 aromatic heterocycles. The van der Waals surface area contributed by atoms with Gasteiger partial charge in [-0.2, -0.15) is 0 Å². The Labute approximate surface area is 200 Å². The van der Waals surface area contributed by atoms with Crippen molar-refractivity contribution in [3.05, 3.63) is 88.7 Å². The summed E-state index contributed by atoms with van der Waals surface area (Å²) in [5.74, 6) is -0.791. The van der Waals surface area contributed by atoms with Gasteiger partial charge in [0, 0.05) is 5.69 Å². The molecule has 0 fully saturated rings. The lowest BCUT2D eigenvalue weighted by Crippen LogP contribution is -2.36. The zero-order valence-electron chi connectivity index (χ0n) is 19.9. The Morgan fingerprint density at radius 1 is 1.00 bits per heavy atom. The highest BCUT2D eigenvalue weighted by Crippen LogP contribution is 2.27. The second kappa shape index (κ2) is 10.3. The van der Waals surface area contributed by atoms with E-state index in [-0.39, 0.29) is 17.9 Å². The lowest BCUT2D eigenvalue weighted by atomic mass is 10.1. The van der Waals surface area contributed by atoms with E-state index in [0.717, 1.165) is 22.8 Å². The summed E-state index contributed by atoms with van der Waals surface area (Å²) < 4.78 is 46.4. The van der Waals surface area contributed by atoms with Gasteiger partial charge in [0.05, 0.1) is 30.2 Å². The Morgan fingerprint density at radius 2 is 1.68 bits per heavy atom. The molecule has 8 heteroatoms. The molecule has 0 aliphatic heterocycles. The van der Waals surface area contributed by atoms with Crippen molar-refractivity contribution < 1.29 is 22.3 Å². The van der Waals surface area contributed by atoms with E-state index < -0.39 is 27.0 Å². The molecule has 3 aromatic rings. The summed E-state index contributed by atoms with van der Waals surface area (Å²) in [7, 11) is -2.17. The maximum atomic E-state index is 13.6. The van der Waals surface area contributed by atoms with Gasteiger partial charge in [-0.05, 0) is 86.8 Å². The molecule has 1 N–H and O–H groups in total. The van der Waals surface area contributed by atoms with Crippen LogP contribution < -0.4 is 14.4 Å². The molecule has 3 rings (SSSR count). The normalized spacial score (nSPS) is 11.4. The molecule has 0 radical (unpaired) electrons. The number of aryl methyl sites for hydroxylation is 2. The molecule has 0 aliphatic rings. The minimum absolute atomic E-state index is 0.0792. The van der Waals surface area contributed by atoms with Crippen LogP contribution in [-0.2, 0) is 16.6 Å². The van der Waals surface area contributed by atoms with Gasteiger partial charge < -0.3 is 10.1 Å². The fourth-order valence-corrected chi connectivity index (χ4v) is 4.62. The number of halogens is 1. The number of ether oxygens (including phenoxy) is 1. The first kappa shape index (κ1) is 25.2. The molecule has 0 heterocycles. The van der Waals surface area contributed by atoms with Gasteiger partial charge in [-0.1, -0.05) is 18.2 Å². The summed E-state index contributed by atoms with van der Waals surface area (Å²) >= 11 is 0. The molecule has 180 valence electrons. The number of rotatable bonds is 8. The van der Waals surface area contributed by atoms with Gasteiger partial charge in [-0.15, -0.1) is 0 Å². The molecule has 0 bridgehead atoms. The van der Waals surface area contributed by atoms with Crippen LogP contribution in [0.25, 0.3) is 0 Å². The van der Waals surface area contributed by atoms with Crippen LogP contribution in [0.4, 0.5) is 15.8 Å². The van der Waals surface area contributed by atoms with Crippen molar-refractivity contribution in [3.63, 3.8) is 0 Å². The van der Waals surface area contributed by atoms with Crippen molar-refractivity contribution >= 4 is 27.3 Å². The lowest BCUT2D eigenvalue weighted by molar-refractivity contribution is 0.102. The fraction of sp³-hybridized carbons (Fsp3) is 0.269. The standard InChI is InChI=1S/C26H29FN2O4S/c1-17(2)34(31,32)29(23-12-6-18(3)19(4)14-23)16-20-7-10-22(11-8-20)28-26(30)24-15-21(27)9-13-25(24)33-5/h6-15,17H,16H2,1-5H3,(H,28,30). The summed E-state index contributed by atoms with van der Waals surface area (Å²) in [6.07, 6.45) is 0. The summed E-state index contributed by atoms with van der Waals surface area (Å²) in [4.78, 5) is 12.6. The monoisotopic (exact) mass is 484 g/mol. The third kappa shape index (κ3) is 5.56. The van der Waals surface area contributed by atoms with Crippen molar-refractivity contribution in [1.29, 1.82) is 0 Å². The maximum absolute atomic E-state index is 13.6. The number of hydrogen-bond acceptors (Lipinski definition) is 4. The van der Waals surface area contributed by atoms with Crippen molar-refractivity contribution in [1.82, 2.24) is 0 Å². The molecule has 34 heavy (non-hydrogen) atoms. The van der Waals surface area contributed by atoms with Crippen LogP contribution >= 0.6 is 0 Å². The van der Waals surface area contributed by atoms with E-state index in [4.69, 9.17) is 4.74 Å². The largest absolute Gasteiger partial charge is 0.496 e. The van der Waals surface area contributed by atoms with Gasteiger partial charge >= 0.3 is 0 Å². The van der Waals surface area contributed by atoms with Crippen molar-refractivity contribution in [2.24, 2.45) is 0 Å². The van der Waals surface area contributed by atoms with Gasteiger partial charge in [0.1, 0.15) is 11.6 Å². The topological polar surface area (TPSA) is 75.7 Å². The molecule has 0 atom stereocenters. The van der Waals surface area contributed by atoms with Crippen LogP contribution in [0.5, 0.6) is 5.75 Å². The van der Waals surface area contributed by atoms with Gasteiger partial charge in [0.25, 0.3) is 5.91 Å². The molecule has 6 nitrogen and oxygen atoms in total. The number of methoxy groups -OCH3 is 1. The van der Waals surface area contributed by atoms with Gasteiger partial charge in [0.15, 0.2) is 0 Å². The first-order valence-electron chi connectivity index (χ1n) is 10.9. The smallest absolute Gasteiger partial charge is 0.259 e. The van der Waals surface area contributed by atoms with Crippen LogP contribution in [-0.4, -0.2) is 26.7 Å². The zero-order chi connectivity index (χ0) is 25.0. The van der Waals surface area contributed by atoms with Crippen LogP contribution in [0.15, 0.2) is 60.7 Å². The van der Waals surface area contributed by atoms with Gasteiger partial charge in [-0.3, -0.25) is 9.10 Å². The predicted octanol–water partition coefficient (Wildman–Crippen LogP) is 5.45. The highest BCUT2D eigenvalue weighted by Gasteiger charge is 2.26. The van der Waals surface area contributed by atoms with Crippen LogP contribution in [0.2, 0.25) is 0 Å². The van der Waals surface area contributed by atoms with Crippen molar-refractivity contribution in [3.8, 4) is 5.75 Å². The Balaban J connectivity index is 1.84. The van der Waals surface area contributed by atoms with Crippen LogP contribution in [0, 0.1) is 19.7 Å².